The van der Waals surface area contributed by atoms with Gasteiger partial charge in [0.25, 0.3) is 15.9 Å². The molecule has 0 aromatic heterocycles. The van der Waals surface area contributed by atoms with Crippen molar-refractivity contribution in [2.75, 3.05) is 10.0 Å². The summed E-state index contributed by atoms with van der Waals surface area (Å²) in [5.41, 5.74) is -1.36. The van der Waals surface area contributed by atoms with Crippen LogP contribution in [0.5, 0.6) is 0 Å². The van der Waals surface area contributed by atoms with Crippen LogP contribution >= 0.6 is 11.6 Å². The molecule has 1 amide bonds. The molecular formula is C20H14ClF3N2O3S. The highest BCUT2D eigenvalue weighted by Gasteiger charge is 2.34. The maximum absolute atomic E-state index is 13.1. The number of anilines is 2. The molecular weight excluding hydrogens is 441 g/mol. The fraction of sp³-hybridized carbons (Fsp3) is 0.0500. The van der Waals surface area contributed by atoms with Crippen molar-refractivity contribution >= 4 is 38.9 Å². The van der Waals surface area contributed by atoms with Crippen molar-refractivity contribution < 1.29 is 26.4 Å². The molecule has 3 aromatic rings. The molecule has 0 heterocycles. The van der Waals surface area contributed by atoms with Gasteiger partial charge >= 0.3 is 6.18 Å². The molecule has 0 bridgehead atoms. The average molecular weight is 455 g/mol. The van der Waals surface area contributed by atoms with Crippen molar-refractivity contribution in [2.45, 2.75) is 11.1 Å². The van der Waals surface area contributed by atoms with Crippen LogP contribution in [-0.4, -0.2) is 14.3 Å². The Morgan fingerprint density at radius 2 is 1.53 bits per heavy atom. The number of halogens is 4. The fourth-order valence-electron chi connectivity index (χ4n) is 2.60. The zero-order valence-electron chi connectivity index (χ0n) is 15.1. The summed E-state index contributed by atoms with van der Waals surface area (Å²) < 4.78 is 66.9. The quantitative estimate of drug-likeness (QED) is 0.541. The third-order valence-corrected chi connectivity index (χ3v) is 5.61. The lowest BCUT2D eigenvalue weighted by molar-refractivity contribution is -0.137. The zero-order chi connectivity index (χ0) is 21.9. The van der Waals surface area contributed by atoms with Gasteiger partial charge in [0, 0.05) is 16.4 Å². The van der Waals surface area contributed by atoms with E-state index < -0.39 is 33.2 Å². The second kappa shape index (κ2) is 8.37. The molecule has 0 aliphatic rings. The third kappa shape index (κ3) is 5.11. The van der Waals surface area contributed by atoms with E-state index in [0.29, 0.717) is 5.02 Å². The van der Waals surface area contributed by atoms with Gasteiger partial charge in [0.15, 0.2) is 0 Å². The molecule has 0 spiro atoms. The highest BCUT2D eigenvalue weighted by molar-refractivity contribution is 7.92. The van der Waals surface area contributed by atoms with Gasteiger partial charge in [0.2, 0.25) is 0 Å². The first-order chi connectivity index (χ1) is 14.1. The number of nitrogens with one attached hydrogen (secondary N) is 2. The number of carbonyl (C=O) groups is 1. The highest BCUT2D eigenvalue weighted by atomic mass is 35.5. The minimum Gasteiger partial charge on any atom is -0.322 e. The van der Waals surface area contributed by atoms with Gasteiger partial charge in [-0.3, -0.25) is 9.52 Å². The summed E-state index contributed by atoms with van der Waals surface area (Å²) in [7, 11) is -4.00. The van der Waals surface area contributed by atoms with Crippen LogP contribution in [0.1, 0.15) is 15.9 Å². The van der Waals surface area contributed by atoms with Crippen molar-refractivity contribution in [1.29, 1.82) is 0 Å². The number of hydrogen-bond acceptors (Lipinski definition) is 3. The molecule has 5 nitrogen and oxygen atoms in total. The molecule has 3 rings (SSSR count). The van der Waals surface area contributed by atoms with Crippen molar-refractivity contribution in [1.82, 2.24) is 0 Å². The smallest absolute Gasteiger partial charge is 0.322 e. The number of hydrogen-bond donors (Lipinski definition) is 2. The second-order valence-corrected chi connectivity index (χ2v) is 8.26. The first-order valence-electron chi connectivity index (χ1n) is 8.42. The number of sulfonamides is 1. The molecule has 0 unspecified atom stereocenters. The van der Waals surface area contributed by atoms with E-state index in [4.69, 9.17) is 11.6 Å². The van der Waals surface area contributed by atoms with Crippen LogP contribution in [0.4, 0.5) is 24.5 Å². The number of carbonyl (C=O) groups excluding carboxylic acids is 1. The summed E-state index contributed by atoms with van der Waals surface area (Å²) in [6.45, 7) is 0. The molecule has 0 atom stereocenters. The van der Waals surface area contributed by atoms with Crippen LogP contribution in [0.3, 0.4) is 0 Å². The Hall–Kier alpha value is -3.04. The topological polar surface area (TPSA) is 75.3 Å². The van der Waals surface area contributed by atoms with Crippen molar-refractivity contribution in [3.05, 3.63) is 88.9 Å². The van der Waals surface area contributed by atoms with Gasteiger partial charge in [0.1, 0.15) is 0 Å². The monoisotopic (exact) mass is 454 g/mol. The fourth-order valence-corrected chi connectivity index (χ4v) is 3.83. The SMILES string of the molecule is O=C(Nc1cccc(S(=O)(=O)Nc2ccc(Cl)cc2)c1)c1ccccc1C(F)(F)F. The minimum atomic E-state index is -4.71. The lowest BCUT2D eigenvalue weighted by Gasteiger charge is -2.13. The molecule has 156 valence electrons. The molecule has 0 radical (unpaired) electrons. The Labute approximate surface area is 175 Å². The molecule has 0 saturated heterocycles. The van der Waals surface area contributed by atoms with E-state index in [2.05, 4.69) is 10.0 Å². The second-order valence-electron chi connectivity index (χ2n) is 6.14. The lowest BCUT2D eigenvalue weighted by Crippen LogP contribution is -2.19. The van der Waals surface area contributed by atoms with Crippen molar-refractivity contribution in [3.63, 3.8) is 0 Å². The van der Waals surface area contributed by atoms with Crippen LogP contribution in [-0.2, 0) is 16.2 Å². The van der Waals surface area contributed by atoms with Crippen LogP contribution in [0.25, 0.3) is 0 Å². The van der Waals surface area contributed by atoms with Crippen LogP contribution in [0.15, 0.2) is 77.7 Å². The molecule has 0 fully saturated rings. The number of alkyl halides is 3. The summed E-state index contributed by atoms with van der Waals surface area (Å²) in [5, 5.41) is 2.74. The number of benzene rings is 3. The molecule has 0 saturated carbocycles. The first-order valence-corrected chi connectivity index (χ1v) is 10.3. The van der Waals surface area contributed by atoms with Gasteiger partial charge < -0.3 is 5.32 Å². The molecule has 2 N–H and O–H groups in total. The summed E-state index contributed by atoms with van der Waals surface area (Å²) in [4.78, 5) is 12.2. The first kappa shape index (κ1) is 21.7. The Kier molecular flexibility index (Phi) is 6.04. The van der Waals surface area contributed by atoms with E-state index in [9.17, 15) is 26.4 Å². The van der Waals surface area contributed by atoms with Crippen molar-refractivity contribution in [2.24, 2.45) is 0 Å². The lowest BCUT2D eigenvalue weighted by atomic mass is 10.1. The Morgan fingerprint density at radius 3 is 2.20 bits per heavy atom. The van der Waals surface area contributed by atoms with E-state index in [1.165, 1.54) is 54.6 Å². The molecule has 0 aliphatic heterocycles. The Morgan fingerprint density at radius 1 is 0.867 bits per heavy atom. The predicted molar refractivity (Wildman–Crippen MR) is 108 cm³/mol. The van der Waals surface area contributed by atoms with E-state index in [-0.39, 0.29) is 16.3 Å². The summed E-state index contributed by atoms with van der Waals surface area (Å²) in [5.74, 6) is -1.01. The summed E-state index contributed by atoms with van der Waals surface area (Å²) in [6.07, 6.45) is -4.71. The molecule has 30 heavy (non-hydrogen) atoms. The van der Waals surface area contributed by atoms with Gasteiger partial charge in [-0.15, -0.1) is 0 Å². The predicted octanol–water partition coefficient (Wildman–Crippen LogP) is 5.41. The van der Waals surface area contributed by atoms with Gasteiger partial charge in [-0.25, -0.2) is 8.42 Å². The van der Waals surface area contributed by atoms with E-state index >= 15 is 0 Å². The van der Waals surface area contributed by atoms with Gasteiger partial charge in [0.05, 0.1) is 16.0 Å². The summed E-state index contributed by atoms with van der Waals surface area (Å²) in [6, 6.07) is 15.4. The van der Waals surface area contributed by atoms with Gasteiger partial charge in [-0.2, -0.15) is 13.2 Å². The third-order valence-electron chi connectivity index (χ3n) is 3.98. The normalized spacial score (nSPS) is 11.7. The van der Waals surface area contributed by atoms with Crippen LogP contribution in [0, 0.1) is 0 Å². The Bertz CT molecular complexity index is 1180. The van der Waals surface area contributed by atoms with Gasteiger partial charge in [-0.1, -0.05) is 29.8 Å². The maximum atomic E-state index is 13.1. The number of amides is 1. The van der Waals surface area contributed by atoms with Crippen molar-refractivity contribution in [3.8, 4) is 0 Å². The van der Waals surface area contributed by atoms with E-state index in [1.807, 2.05) is 0 Å². The maximum Gasteiger partial charge on any atom is 0.417 e. The van der Waals surface area contributed by atoms with E-state index in [1.54, 1.807) is 0 Å². The average Bonchev–Trinajstić information content (AvgIpc) is 2.69. The zero-order valence-corrected chi connectivity index (χ0v) is 16.6. The Balaban J connectivity index is 1.84. The van der Waals surface area contributed by atoms with E-state index in [0.717, 1.165) is 18.2 Å². The van der Waals surface area contributed by atoms with Crippen LogP contribution < -0.4 is 10.0 Å². The van der Waals surface area contributed by atoms with Crippen LogP contribution in [0.2, 0.25) is 5.02 Å². The highest BCUT2D eigenvalue weighted by Crippen LogP contribution is 2.32. The standard InChI is InChI=1S/C20H14ClF3N2O3S/c21-13-8-10-14(11-9-13)26-30(28,29)16-5-3-4-15(12-16)25-19(27)17-6-1-2-7-18(17)20(22,23)24/h1-12,26H,(H,25,27). The van der Waals surface area contributed by atoms with Gasteiger partial charge in [-0.05, 0) is 54.6 Å². The molecule has 10 heteroatoms. The largest absolute Gasteiger partial charge is 0.417 e. The number of rotatable bonds is 5. The molecule has 3 aromatic carbocycles. The summed E-state index contributed by atoms with van der Waals surface area (Å²) >= 11 is 5.77. The molecule has 0 aliphatic carbocycles. The minimum absolute atomic E-state index is 0.0240.